The van der Waals surface area contributed by atoms with Crippen molar-refractivity contribution in [1.29, 1.82) is 0 Å². The lowest BCUT2D eigenvalue weighted by Gasteiger charge is -1.83. The van der Waals surface area contributed by atoms with Crippen LogP contribution in [-0.2, 0) is 0 Å². The average Bonchev–Trinajstić information content (AvgIpc) is 2.46. The number of aryl methyl sites for hydroxylation is 1. The highest BCUT2D eigenvalue weighted by molar-refractivity contribution is 5.29. The number of pyridine rings is 1. The van der Waals surface area contributed by atoms with E-state index in [1.165, 1.54) is 16.7 Å². The molecule has 0 N–H and O–H groups in total. The second-order valence-electron chi connectivity index (χ2n) is 3.99. The van der Waals surface area contributed by atoms with Gasteiger partial charge in [0.05, 0.1) is 0 Å². The fourth-order valence-corrected chi connectivity index (χ4v) is 1.26. The molecule has 2 rings (SSSR count). The van der Waals surface area contributed by atoms with Crippen LogP contribution in [0.4, 0.5) is 0 Å². The summed E-state index contributed by atoms with van der Waals surface area (Å²) in [6.07, 6.45) is 13.4. The van der Waals surface area contributed by atoms with Gasteiger partial charge in [-0.15, -0.1) is 0 Å². The summed E-state index contributed by atoms with van der Waals surface area (Å²) in [6, 6.07) is 3.94. The summed E-state index contributed by atoms with van der Waals surface area (Å²) in [5, 5.41) is 0. The summed E-state index contributed by atoms with van der Waals surface area (Å²) < 4.78 is 0. The number of rotatable bonds is 0. The van der Waals surface area contributed by atoms with Gasteiger partial charge in [0, 0.05) is 12.4 Å². The molecule has 1 aliphatic carbocycles. The van der Waals surface area contributed by atoms with E-state index in [9.17, 15) is 0 Å². The third-order valence-electron chi connectivity index (χ3n) is 2.34. The van der Waals surface area contributed by atoms with E-state index in [-0.39, 0.29) is 0 Å². The molecule has 0 aliphatic heterocycles. The zero-order valence-electron chi connectivity index (χ0n) is 10.3. The maximum absolute atomic E-state index is 3.85. The van der Waals surface area contributed by atoms with E-state index in [1.54, 1.807) is 12.4 Å². The molecule has 0 radical (unpaired) electrons. The summed E-state index contributed by atoms with van der Waals surface area (Å²) in [5.41, 5.74) is 3.99. The molecule has 1 aliphatic rings. The van der Waals surface area contributed by atoms with Gasteiger partial charge in [0.2, 0.25) is 0 Å². The van der Waals surface area contributed by atoms with Crippen LogP contribution >= 0.6 is 0 Å². The summed E-state index contributed by atoms with van der Waals surface area (Å²) >= 11 is 0. The molecule has 16 heavy (non-hydrogen) atoms. The number of hydrogen-bond acceptors (Lipinski definition) is 1. The molecule has 1 heteroatoms. The highest BCUT2D eigenvalue weighted by Gasteiger charge is 1.87. The molecule has 0 saturated carbocycles. The molecule has 0 unspecified atom stereocenters. The van der Waals surface area contributed by atoms with Crippen LogP contribution < -0.4 is 0 Å². The Morgan fingerprint density at radius 2 is 1.38 bits per heavy atom. The maximum Gasteiger partial charge on any atom is 0.0270 e. The SMILES string of the molecule is CC1=CCC=C(C)C=C1.Cc1ccncc1. The molecule has 1 heterocycles. The molecule has 0 bridgehead atoms. The third-order valence-corrected chi connectivity index (χ3v) is 2.34. The van der Waals surface area contributed by atoms with Crippen LogP contribution in [0.5, 0.6) is 0 Å². The number of allylic oxidation sites excluding steroid dienone is 6. The molecule has 84 valence electrons. The van der Waals surface area contributed by atoms with Gasteiger partial charge in [-0.05, 0) is 44.9 Å². The molecular weight excluding hydrogens is 194 g/mol. The molecule has 0 atom stereocenters. The minimum atomic E-state index is 1.09. The van der Waals surface area contributed by atoms with Gasteiger partial charge in [0.15, 0.2) is 0 Å². The number of nitrogens with zero attached hydrogens (tertiary/aromatic N) is 1. The van der Waals surface area contributed by atoms with Crippen molar-refractivity contribution in [2.24, 2.45) is 0 Å². The zero-order chi connectivity index (χ0) is 11.8. The van der Waals surface area contributed by atoms with E-state index in [1.807, 2.05) is 19.1 Å². The molecule has 0 saturated heterocycles. The topological polar surface area (TPSA) is 12.9 Å². The Labute approximate surface area is 98.2 Å². The van der Waals surface area contributed by atoms with Crippen LogP contribution in [-0.4, -0.2) is 4.98 Å². The molecule has 1 aromatic rings. The molecule has 0 amide bonds. The molecule has 0 spiro atoms. The van der Waals surface area contributed by atoms with Crippen molar-refractivity contribution in [3.05, 3.63) is 65.5 Å². The normalized spacial score (nSPS) is 14.2. The van der Waals surface area contributed by atoms with Crippen molar-refractivity contribution in [1.82, 2.24) is 4.98 Å². The molecule has 0 fully saturated rings. The molecular formula is C15H19N. The summed E-state index contributed by atoms with van der Waals surface area (Å²) in [6.45, 7) is 6.30. The van der Waals surface area contributed by atoms with Crippen LogP contribution in [0.25, 0.3) is 0 Å². The van der Waals surface area contributed by atoms with Gasteiger partial charge < -0.3 is 0 Å². The standard InChI is InChI=1S/C9H12.C6H7N/c1-8-4-3-5-9(2)7-6-8;1-6-2-4-7-5-3-6/h4-7H,3H2,1-2H3;2-5H,1H3. The van der Waals surface area contributed by atoms with Gasteiger partial charge >= 0.3 is 0 Å². The highest BCUT2D eigenvalue weighted by atomic mass is 14.6. The van der Waals surface area contributed by atoms with Crippen LogP contribution in [0.2, 0.25) is 0 Å². The Bertz CT molecular complexity index is 377. The molecule has 1 nitrogen and oxygen atoms in total. The van der Waals surface area contributed by atoms with E-state index in [0.717, 1.165) is 6.42 Å². The minimum absolute atomic E-state index is 1.09. The highest BCUT2D eigenvalue weighted by Crippen LogP contribution is 2.08. The summed E-state index contributed by atoms with van der Waals surface area (Å²) in [4.78, 5) is 3.85. The lowest BCUT2D eigenvalue weighted by atomic mass is 10.2. The summed E-state index contributed by atoms with van der Waals surface area (Å²) in [7, 11) is 0. The summed E-state index contributed by atoms with van der Waals surface area (Å²) in [5.74, 6) is 0. The van der Waals surface area contributed by atoms with Crippen molar-refractivity contribution in [2.45, 2.75) is 27.2 Å². The molecule has 1 aromatic heterocycles. The Kier molecular flexibility index (Phi) is 5.27. The van der Waals surface area contributed by atoms with Gasteiger partial charge in [0.25, 0.3) is 0 Å². The monoisotopic (exact) mass is 213 g/mol. The van der Waals surface area contributed by atoms with Crippen molar-refractivity contribution in [2.75, 3.05) is 0 Å². The van der Waals surface area contributed by atoms with Gasteiger partial charge in [-0.2, -0.15) is 0 Å². The first-order chi connectivity index (χ1) is 7.68. The Morgan fingerprint density at radius 1 is 0.875 bits per heavy atom. The van der Waals surface area contributed by atoms with Crippen LogP contribution in [0.3, 0.4) is 0 Å². The average molecular weight is 213 g/mol. The van der Waals surface area contributed by atoms with Gasteiger partial charge in [0.1, 0.15) is 0 Å². The predicted octanol–water partition coefficient (Wildman–Crippen LogP) is 4.23. The predicted molar refractivity (Wildman–Crippen MR) is 70.2 cm³/mol. The Balaban J connectivity index is 0.000000165. The van der Waals surface area contributed by atoms with E-state index in [4.69, 9.17) is 0 Å². The minimum Gasteiger partial charge on any atom is -0.265 e. The van der Waals surface area contributed by atoms with E-state index in [2.05, 4.69) is 43.1 Å². The van der Waals surface area contributed by atoms with Crippen molar-refractivity contribution >= 4 is 0 Å². The Hall–Kier alpha value is -1.63. The van der Waals surface area contributed by atoms with Crippen LogP contribution in [0.15, 0.2) is 60.0 Å². The fourth-order valence-electron chi connectivity index (χ4n) is 1.26. The first kappa shape index (κ1) is 12.4. The largest absolute Gasteiger partial charge is 0.265 e. The van der Waals surface area contributed by atoms with Gasteiger partial charge in [-0.25, -0.2) is 0 Å². The van der Waals surface area contributed by atoms with E-state index in [0.29, 0.717) is 0 Å². The van der Waals surface area contributed by atoms with Gasteiger partial charge in [-0.3, -0.25) is 4.98 Å². The lowest BCUT2D eigenvalue weighted by molar-refractivity contribution is 1.29. The third kappa shape index (κ3) is 5.30. The second kappa shape index (κ2) is 6.78. The van der Waals surface area contributed by atoms with Crippen LogP contribution in [0, 0.1) is 6.92 Å². The first-order valence-electron chi connectivity index (χ1n) is 5.56. The van der Waals surface area contributed by atoms with Gasteiger partial charge in [-0.1, -0.05) is 35.5 Å². The zero-order valence-corrected chi connectivity index (χ0v) is 10.3. The number of aromatic nitrogens is 1. The van der Waals surface area contributed by atoms with E-state index >= 15 is 0 Å². The Morgan fingerprint density at radius 3 is 1.75 bits per heavy atom. The van der Waals surface area contributed by atoms with Crippen molar-refractivity contribution in [3.63, 3.8) is 0 Å². The number of hydrogen-bond donors (Lipinski definition) is 0. The fraction of sp³-hybridized carbons (Fsp3) is 0.267. The lowest BCUT2D eigenvalue weighted by Crippen LogP contribution is -1.68. The van der Waals surface area contributed by atoms with E-state index < -0.39 is 0 Å². The van der Waals surface area contributed by atoms with Crippen LogP contribution in [0.1, 0.15) is 25.8 Å². The smallest absolute Gasteiger partial charge is 0.0270 e. The molecule has 0 aromatic carbocycles. The maximum atomic E-state index is 3.85. The second-order valence-corrected chi connectivity index (χ2v) is 3.99. The quantitative estimate of drug-likeness (QED) is 0.628. The van der Waals surface area contributed by atoms with Crippen molar-refractivity contribution in [3.8, 4) is 0 Å². The first-order valence-corrected chi connectivity index (χ1v) is 5.56. The van der Waals surface area contributed by atoms with Crippen molar-refractivity contribution < 1.29 is 0 Å².